The SMILES string of the molecule is COc1ccc(-c2ccc(C(=O)O)cc2C)cc1-c1cnc(N2CC(C)C2)nc1CN1C(=O)O[C@H](c2cc(C(F)(F)F)cc(C(F)(F)F)c2)C12CCC2. The van der Waals surface area contributed by atoms with Gasteiger partial charge in [0, 0.05) is 30.4 Å². The zero-order valence-corrected chi connectivity index (χ0v) is 28.8. The summed E-state index contributed by atoms with van der Waals surface area (Å²) in [5.74, 6) is 0.175. The Hall–Kier alpha value is -5.34. The molecule has 53 heavy (non-hydrogen) atoms. The van der Waals surface area contributed by atoms with Crippen molar-refractivity contribution in [3.63, 3.8) is 0 Å². The van der Waals surface area contributed by atoms with Crippen LogP contribution in [-0.2, 0) is 23.6 Å². The number of aryl methyl sites for hydroxylation is 1. The summed E-state index contributed by atoms with van der Waals surface area (Å²) in [6.07, 6.45) is -9.70. The maximum absolute atomic E-state index is 13.9. The normalized spacial score (nSPS) is 18.5. The van der Waals surface area contributed by atoms with E-state index < -0.39 is 47.2 Å². The van der Waals surface area contributed by atoms with Crippen molar-refractivity contribution in [1.82, 2.24) is 14.9 Å². The van der Waals surface area contributed by atoms with Crippen LogP contribution >= 0.6 is 0 Å². The van der Waals surface area contributed by atoms with Crippen LogP contribution < -0.4 is 9.64 Å². The lowest BCUT2D eigenvalue weighted by atomic mass is 9.70. The number of carbonyl (C=O) groups excluding carboxylic acids is 1. The molecular formula is C38H34F6N4O5. The summed E-state index contributed by atoms with van der Waals surface area (Å²) in [7, 11) is 1.48. The molecule has 1 atom stereocenters. The number of nitrogens with zero attached hydrogens (tertiary/aromatic N) is 4. The molecule has 1 spiro atoms. The predicted octanol–water partition coefficient (Wildman–Crippen LogP) is 8.94. The number of hydrogen-bond donors (Lipinski definition) is 1. The first-order valence-electron chi connectivity index (χ1n) is 16.9. The average Bonchev–Trinajstić information content (AvgIpc) is 3.37. The first-order valence-corrected chi connectivity index (χ1v) is 16.9. The van der Waals surface area contributed by atoms with E-state index in [-0.39, 0.29) is 36.6 Å². The molecule has 15 heteroatoms. The lowest BCUT2D eigenvalue weighted by Gasteiger charge is -2.46. The second kappa shape index (κ2) is 13.0. The van der Waals surface area contributed by atoms with E-state index in [0.717, 1.165) is 11.1 Å². The number of carbonyl (C=O) groups is 2. The third-order valence-corrected chi connectivity index (χ3v) is 10.4. The summed E-state index contributed by atoms with van der Waals surface area (Å²) in [5, 5.41) is 9.46. The Bertz CT molecular complexity index is 2080. The number of anilines is 1. The Balaban J connectivity index is 1.32. The van der Waals surface area contributed by atoms with Gasteiger partial charge in [-0.25, -0.2) is 19.6 Å². The monoisotopic (exact) mass is 740 g/mol. The lowest BCUT2D eigenvalue weighted by Crippen LogP contribution is -2.53. The number of amides is 1. The van der Waals surface area contributed by atoms with E-state index in [9.17, 15) is 41.0 Å². The third-order valence-electron chi connectivity index (χ3n) is 10.4. The molecule has 2 aliphatic heterocycles. The Kier molecular flexibility index (Phi) is 8.81. The molecule has 1 aliphatic carbocycles. The van der Waals surface area contributed by atoms with Gasteiger partial charge in [0.2, 0.25) is 5.95 Å². The van der Waals surface area contributed by atoms with Crippen LogP contribution in [0.3, 0.4) is 0 Å². The number of aromatic carboxylic acids is 1. The minimum absolute atomic E-state index is 0.0559. The second-order valence-electron chi connectivity index (χ2n) is 13.9. The van der Waals surface area contributed by atoms with Crippen molar-refractivity contribution < 1.29 is 50.5 Å². The van der Waals surface area contributed by atoms with Crippen molar-refractivity contribution in [1.29, 1.82) is 0 Å². The third kappa shape index (κ3) is 6.50. The fourth-order valence-electron chi connectivity index (χ4n) is 7.52. The van der Waals surface area contributed by atoms with E-state index in [0.29, 0.717) is 71.6 Å². The largest absolute Gasteiger partial charge is 0.496 e. The minimum atomic E-state index is -5.07. The van der Waals surface area contributed by atoms with E-state index in [4.69, 9.17) is 14.5 Å². The van der Waals surface area contributed by atoms with Gasteiger partial charge in [0.25, 0.3) is 0 Å². The number of alkyl halides is 6. The highest BCUT2D eigenvalue weighted by molar-refractivity contribution is 5.89. The Labute approximate surface area is 300 Å². The van der Waals surface area contributed by atoms with Crippen LogP contribution in [0.4, 0.5) is 37.1 Å². The highest BCUT2D eigenvalue weighted by Crippen LogP contribution is 2.55. The zero-order valence-electron chi connectivity index (χ0n) is 28.8. The average molecular weight is 741 g/mol. The van der Waals surface area contributed by atoms with Gasteiger partial charge >= 0.3 is 24.4 Å². The fraction of sp³-hybridized carbons (Fsp3) is 0.368. The van der Waals surface area contributed by atoms with Crippen LogP contribution in [0.2, 0.25) is 0 Å². The van der Waals surface area contributed by atoms with E-state index in [1.54, 1.807) is 31.3 Å². The first-order chi connectivity index (χ1) is 25.0. The van der Waals surface area contributed by atoms with Gasteiger partial charge in [-0.05, 0) is 96.8 Å². The van der Waals surface area contributed by atoms with Crippen molar-refractivity contribution in [2.24, 2.45) is 5.92 Å². The number of carboxylic acid groups (broad SMARTS) is 1. The molecule has 7 rings (SSSR count). The van der Waals surface area contributed by atoms with Crippen molar-refractivity contribution in [3.8, 4) is 28.0 Å². The fourth-order valence-corrected chi connectivity index (χ4v) is 7.52. The highest BCUT2D eigenvalue weighted by atomic mass is 19.4. The summed E-state index contributed by atoms with van der Waals surface area (Å²) in [4.78, 5) is 38.2. The number of carboxylic acids is 1. The molecule has 1 saturated carbocycles. The first kappa shape index (κ1) is 36.0. The van der Waals surface area contributed by atoms with Crippen LogP contribution in [0.1, 0.15) is 70.6 Å². The number of ether oxygens (including phenoxy) is 2. The van der Waals surface area contributed by atoms with Crippen LogP contribution in [0.25, 0.3) is 22.3 Å². The van der Waals surface area contributed by atoms with Gasteiger partial charge in [0.15, 0.2) is 6.10 Å². The van der Waals surface area contributed by atoms with Gasteiger partial charge in [-0.3, -0.25) is 4.90 Å². The van der Waals surface area contributed by atoms with E-state index >= 15 is 0 Å². The van der Waals surface area contributed by atoms with Gasteiger partial charge in [0.1, 0.15) is 5.75 Å². The lowest BCUT2D eigenvalue weighted by molar-refractivity contribution is -0.143. The number of hydrogen-bond acceptors (Lipinski definition) is 7. The summed E-state index contributed by atoms with van der Waals surface area (Å²) in [6.45, 7) is 5.06. The molecule has 3 aromatic carbocycles. The Morgan fingerprint density at radius 2 is 1.64 bits per heavy atom. The molecule has 3 heterocycles. The van der Waals surface area contributed by atoms with Gasteiger partial charge in [0.05, 0.1) is 41.6 Å². The van der Waals surface area contributed by atoms with Gasteiger partial charge in [-0.15, -0.1) is 0 Å². The van der Waals surface area contributed by atoms with Crippen LogP contribution in [0, 0.1) is 12.8 Å². The molecule has 1 N–H and O–H groups in total. The highest BCUT2D eigenvalue weighted by Gasteiger charge is 2.59. The molecule has 1 aromatic heterocycles. The quantitative estimate of drug-likeness (QED) is 0.179. The minimum Gasteiger partial charge on any atom is -0.496 e. The molecule has 3 fully saturated rings. The van der Waals surface area contributed by atoms with E-state index in [1.807, 2.05) is 17.0 Å². The Morgan fingerprint density at radius 3 is 2.19 bits per heavy atom. The summed E-state index contributed by atoms with van der Waals surface area (Å²) >= 11 is 0. The molecule has 9 nitrogen and oxygen atoms in total. The van der Waals surface area contributed by atoms with Crippen molar-refractivity contribution in [2.75, 3.05) is 25.1 Å². The Morgan fingerprint density at radius 1 is 0.962 bits per heavy atom. The molecular weight excluding hydrogens is 706 g/mol. The van der Waals surface area contributed by atoms with Gasteiger partial charge < -0.3 is 19.5 Å². The van der Waals surface area contributed by atoms with Crippen molar-refractivity contribution in [2.45, 2.75) is 63.7 Å². The number of aromatic nitrogens is 2. The topological polar surface area (TPSA) is 105 Å². The van der Waals surface area contributed by atoms with Gasteiger partial charge in [-0.2, -0.15) is 26.3 Å². The maximum Gasteiger partial charge on any atom is 0.416 e. The number of halogens is 6. The van der Waals surface area contributed by atoms with Crippen molar-refractivity contribution in [3.05, 3.63) is 94.3 Å². The molecule has 1 amide bonds. The summed E-state index contributed by atoms with van der Waals surface area (Å²) < 4.78 is 94.5. The summed E-state index contributed by atoms with van der Waals surface area (Å²) in [5.41, 5.74) is -0.884. The number of methoxy groups -OCH3 is 1. The van der Waals surface area contributed by atoms with Crippen LogP contribution in [-0.4, -0.2) is 57.8 Å². The molecule has 0 unspecified atom stereocenters. The predicted molar refractivity (Wildman–Crippen MR) is 180 cm³/mol. The molecule has 3 aliphatic rings. The molecule has 2 saturated heterocycles. The molecule has 0 radical (unpaired) electrons. The second-order valence-corrected chi connectivity index (χ2v) is 13.9. The zero-order chi connectivity index (χ0) is 38.0. The van der Waals surface area contributed by atoms with E-state index in [1.165, 1.54) is 18.1 Å². The molecule has 278 valence electrons. The summed E-state index contributed by atoms with van der Waals surface area (Å²) in [6, 6.07) is 11.5. The smallest absolute Gasteiger partial charge is 0.416 e. The number of rotatable bonds is 8. The van der Waals surface area contributed by atoms with Crippen LogP contribution in [0.15, 0.2) is 60.8 Å². The number of benzene rings is 3. The molecule has 0 bridgehead atoms. The van der Waals surface area contributed by atoms with Gasteiger partial charge in [-0.1, -0.05) is 19.1 Å². The van der Waals surface area contributed by atoms with Crippen LogP contribution in [0.5, 0.6) is 5.75 Å². The standard InChI is InChI=1S/C38H34F6N4O5/c1-20-17-47(18-20)34-45-16-29(28-14-22(6-8-31(28)52-3)27-7-5-23(33(49)50)11-21(27)2)30(46-34)19-48-35(51)53-32(36(48)9-4-10-36)24-12-25(37(39,40)41)15-26(13-24)38(42,43)44/h5-8,11-16,20,32H,4,9-10,17-19H2,1-3H3,(H,49,50)/t32-/m1/s1. The molecule has 4 aromatic rings. The van der Waals surface area contributed by atoms with Crippen molar-refractivity contribution >= 4 is 18.0 Å². The number of cyclic esters (lactones) is 1. The maximum atomic E-state index is 13.9. The van der Waals surface area contributed by atoms with E-state index in [2.05, 4.69) is 11.9 Å².